The molecule has 0 saturated heterocycles. The second kappa shape index (κ2) is 5.27. The largest absolute Gasteiger partial charge is 0.256 e. The molecule has 1 aromatic heterocycles. The fraction of sp³-hybridized carbons (Fsp3) is 0.0625. The van der Waals surface area contributed by atoms with Gasteiger partial charge in [-0.05, 0) is 41.8 Å². The van der Waals surface area contributed by atoms with Gasteiger partial charge in [0.15, 0.2) is 0 Å². The van der Waals surface area contributed by atoms with Crippen LogP contribution in [-0.2, 0) is 10.0 Å². The summed E-state index contributed by atoms with van der Waals surface area (Å²) in [5.74, 6) is 0. The molecule has 4 nitrogen and oxygen atoms in total. The van der Waals surface area contributed by atoms with Crippen LogP contribution < -0.4 is 5.14 Å². The van der Waals surface area contributed by atoms with Crippen molar-refractivity contribution in [1.29, 1.82) is 0 Å². The summed E-state index contributed by atoms with van der Waals surface area (Å²) in [6, 6.07) is 12.4. The van der Waals surface area contributed by atoms with Gasteiger partial charge in [-0.3, -0.25) is 4.98 Å². The molecule has 1 aliphatic rings. The van der Waals surface area contributed by atoms with E-state index in [-0.39, 0.29) is 4.90 Å². The summed E-state index contributed by atoms with van der Waals surface area (Å²) >= 11 is 0. The molecule has 1 aliphatic carbocycles. The minimum Gasteiger partial charge on any atom is -0.256 e. The Hall–Kier alpha value is -2.24. The van der Waals surface area contributed by atoms with E-state index in [2.05, 4.69) is 17.1 Å². The summed E-state index contributed by atoms with van der Waals surface area (Å²) in [5, 5.41) is 5.11. The van der Waals surface area contributed by atoms with Gasteiger partial charge in [-0.25, -0.2) is 13.6 Å². The minimum absolute atomic E-state index is 0.119. The number of aromatic nitrogens is 1. The van der Waals surface area contributed by atoms with Crippen molar-refractivity contribution >= 4 is 21.2 Å². The second-order valence-corrected chi connectivity index (χ2v) is 6.32. The molecule has 0 amide bonds. The molecule has 0 saturated carbocycles. The van der Waals surface area contributed by atoms with E-state index < -0.39 is 10.0 Å². The zero-order valence-electron chi connectivity index (χ0n) is 11.2. The fourth-order valence-corrected chi connectivity index (χ4v) is 2.89. The van der Waals surface area contributed by atoms with Gasteiger partial charge in [0.2, 0.25) is 10.0 Å². The van der Waals surface area contributed by atoms with Gasteiger partial charge in [0, 0.05) is 11.8 Å². The van der Waals surface area contributed by atoms with Crippen molar-refractivity contribution in [1.82, 2.24) is 4.98 Å². The molecule has 5 heteroatoms. The third kappa shape index (κ3) is 2.79. The molecule has 0 spiro atoms. The van der Waals surface area contributed by atoms with Gasteiger partial charge in [-0.15, -0.1) is 0 Å². The normalized spacial score (nSPS) is 14.7. The van der Waals surface area contributed by atoms with Crippen molar-refractivity contribution in [2.24, 2.45) is 5.14 Å². The van der Waals surface area contributed by atoms with Crippen molar-refractivity contribution in [2.45, 2.75) is 11.3 Å². The molecular formula is C16H14N2O2S. The first-order valence-electron chi connectivity index (χ1n) is 6.51. The van der Waals surface area contributed by atoms with Crippen LogP contribution in [0.5, 0.6) is 0 Å². The van der Waals surface area contributed by atoms with Crippen molar-refractivity contribution in [2.75, 3.05) is 0 Å². The van der Waals surface area contributed by atoms with E-state index in [9.17, 15) is 8.42 Å². The topological polar surface area (TPSA) is 73.1 Å². The Balaban J connectivity index is 1.96. The summed E-state index contributed by atoms with van der Waals surface area (Å²) < 4.78 is 22.6. The Morgan fingerprint density at radius 2 is 1.67 bits per heavy atom. The lowest BCUT2D eigenvalue weighted by Crippen LogP contribution is -2.11. The predicted octanol–water partition coefficient (Wildman–Crippen LogP) is 2.60. The number of nitrogens with zero attached hydrogens (tertiary/aromatic N) is 1. The van der Waals surface area contributed by atoms with Crippen molar-refractivity contribution in [3.05, 3.63) is 72.1 Å². The SMILES string of the molecule is NS(=O)(=O)c1ccc(C2=CCC=C2c2ccccn2)cc1. The number of pyridine rings is 1. The van der Waals surface area contributed by atoms with Crippen LogP contribution in [0.1, 0.15) is 17.7 Å². The highest BCUT2D eigenvalue weighted by molar-refractivity contribution is 7.89. The van der Waals surface area contributed by atoms with Crippen LogP contribution in [-0.4, -0.2) is 13.4 Å². The molecule has 0 atom stereocenters. The number of hydrogen-bond donors (Lipinski definition) is 1. The van der Waals surface area contributed by atoms with Crippen LogP contribution in [0.2, 0.25) is 0 Å². The maximum Gasteiger partial charge on any atom is 0.238 e. The Kier molecular flexibility index (Phi) is 3.45. The number of allylic oxidation sites excluding steroid dienone is 4. The van der Waals surface area contributed by atoms with Crippen LogP contribution >= 0.6 is 0 Å². The van der Waals surface area contributed by atoms with Crippen LogP contribution in [0.3, 0.4) is 0 Å². The smallest absolute Gasteiger partial charge is 0.238 e. The maximum atomic E-state index is 11.3. The summed E-state index contributed by atoms with van der Waals surface area (Å²) in [4.78, 5) is 4.49. The summed E-state index contributed by atoms with van der Waals surface area (Å²) in [7, 11) is -3.66. The molecule has 2 N–H and O–H groups in total. The third-order valence-electron chi connectivity index (χ3n) is 3.37. The molecule has 1 heterocycles. The zero-order valence-corrected chi connectivity index (χ0v) is 12.0. The highest BCUT2D eigenvalue weighted by atomic mass is 32.2. The molecule has 106 valence electrons. The fourth-order valence-electron chi connectivity index (χ4n) is 2.38. The van der Waals surface area contributed by atoms with E-state index in [0.29, 0.717) is 0 Å². The van der Waals surface area contributed by atoms with E-state index >= 15 is 0 Å². The molecular weight excluding hydrogens is 284 g/mol. The van der Waals surface area contributed by atoms with Crippen molar-refractivity contribution in [3.8, 4) is 0 Å². The maximum absolute atomic E-state index is 11.3. The summed E-state index contributed by atoms with van der Waals surface area (Å²) in [6.07, 6.45) is 6.83. The number of benzene rings is 1. The second-order valence-electron chi connectivity index (χ2n) is 4.76. The number of sulfonamides is 1. The lowest BCUT2D eigenvalue weighted by Gasteiger charge is -2.09. The van der Waals surface area contributed by atoms with Gasteiger partial charge in [0.05, 0.1) is 10.6 Å². The highest BCUT2D eigenvalue weighted by Crippen LogP contribution is 2.35. The molecule has 1 aromatic carbocycles. The molecule has 0 radical (unpaired) electrons. The molecule has 3 rings (SSSR count). The van der Waals surface area contributed by atoms with Crippen LogP contribution in [0.4, 0.5) is 0 Å². The van der Waals surface area contributed by atoms with Crippen LogP contribution in [0, 0.1) is 0 Å². The van der Waals surface area contributed by atoms with E-state index in [4.69, 9.17) is 5.14 Å². The number of primary sulfonamides is 1. The molecule has 0 fully saturated rings. The Morgan fingerprint density at radius 3 is 2.29 bits per heavy atom. The quantitative estimate of drug-likeness (QED) is 0.946. The molecule has 0 unspecified atom stereocenters. The van der Waals surface area contributed by atoms with Crippen molar-refractivity contribution < 1.29 is 8.42 Å². The van der Waals surface area contributed by atoms with Crippen LogP contribution in [0.25, 0.3) is 11.1 Å². The van der Waals surface area contributed by atoms with E-state index in [0.717, 1.165) is 28.8 Å². The molecule has 21 heavy (non-hydrogen) atoms. The predicted molar refractivity (Wildman–Crippen MR) is 82.6 cm³/mol. The first kappa shape index (κ1) is 13.7. The summed E-state index contributed by atoms with van der Waals surface area (Å²) in [6.45, 7) is 0. The lowest BCUT2D eigenvalue weighted by atomic mass is 9.98. The average molecular weight is 298 g/mol. The Labute approximate surface area is 123 Å². The first-order valence-corrected chi connectivity index (χ1v) is 8.06. The van der Waals surface area contributed by atoms with E-state index in [1.165, 1.54) is 12.1 Å². The minimum atomic E-state index is -3.66. The first-order chi connectivity index (χ1) is 10.1. The Bertz CT molecular complexity index is 820. The van der Waals surface area contributed by atoms with Crippen molar-refractivity contribution in [3.63, 3.8) is 0 Å². The number of rotatable bonds is 3. The monoisotopic (exact) mass is 298 g/mol. The number of nitrogens with two attached hydrogens (primary N) is 1. The summed E-state index contributed by atoms with van der Waals surface area (Å²) in [5.41, 5.74) is 4.00. The Morgan fingerprint density at radius 1 is 0.952 bits per heavy atom. The molecule has 0 bridgehead atoms. The van der Waals surface area contributed by atoms with Gasteiger partial charge < -0.3 is 0 Å². The zero-order chi connectivity index (χ0) is 14.9. The van der Waals surface area contributed by atoms with Gasteiger partial charge in [-0.1, -0.05) is 30.4 Å². The van der Waals surface area contributed by atoms with Gasteiger partial charge >= 0.3 is 0 Å². The highest BCUT2D eigenvalue weighted by Gasteiger charge is 2.16. The third-order valence-corrected chi connectivity index (χ3v) is 4.30. The van der Waals surface area contributed by atoms with Gasteiger partial charge in [0.1, 0.15) is 0 Å². The average Bonchev–Trinajstić information content (AvgIpc) is 2.97. The van der Waals surface area contributed by atoms with Crippen LogP contribution in [0.15, 0.2) is 65.7 Å². The van der Waals surface area contributed by atoms with E-state index in [1.807, 2.05) is 18.2 Å². The van der Waals surface area contributed by atoms with E-state index in [1.54, 1.807) is 18.3 Å². The standard InChI is InChI=1S/C16H14N2O2S/c17-21(19,20)13-9-7-12(8-10-13)14-4-3-5-15(14)16-6-1-2-11-18-16/h1-2,4-11H,3H2,(H2,17,19,20). The lowest BCUT2D eigenvalue weighted by molar-refractivity contribution is 0.598. The number of hydrogen-bond acceptors (Lipinski definition) is 3. The molecule has 2 aromatic rings. The van der Waals surface area contributed by atoms with Gasteiger partial charge in [0.25, 0.3) is 0 Å². The van der Waals surface area contributed by atoms with Gasteiger partial charge in [-0.2, -0.15) is 0 Å². The molecule has 0 aliphatic heterocycles.